The van der Waals surface area contributed by atoms with Crippen molar-refractivity contribution in [3.63, 3.8) is 0 Å². The van der Waals surface area contributed by atoms with Crippen molar-refractivity contribution in [3.8, 4) is 0 Å². The SMILES string of the molecule is CC(C)CC(=O)O[C@H]1CCNC1. The second-order valence-electron chi connectivity index (χ2n) is 3.70. The molecular formula is C9H17NO2. The van der Waals surface area contributed by atoms with Crippen molar-refractivity contribution in [1.29, 1.82) is 0 Å². The summed E-state index contributed by atoms with van der Waals surface area (Å²) in [5, 5.41) is 3.15. The average molecular weight is 171 g/mol. The lowest BCUT2D eigenvalue weighted by Gasteiger charge is -2.11. The summed E-state index contributed by atoms with van der Waals surface area (Å²) in [6, 6.07) is 0. The lowest BCUT2D eigenvalue weighted by molar-refractivity contribution is -0.148. The largest absolute Gasteiger partial charge is 0.461 e. The third kappa shape index (κ3) is 3.22. The van der Waals surface area contributed by atoms with Crippen LogP contribution in [0.2, 0.25) is 0 Å². The first-order valence-electron chi connectivity index (χ1n) is 4.58. The molecule has 1 aliphatic heterocycles. The maximum Gasteiger partial charge on any atom is 0.306 e. The Bertz CT molecular complexity index is 151. The molecule has 0 spiro atoms. The average Bonchev–Trinajstić information content (AvgIpc) is 2.37. The van der Waals surface area contributed by atoms with E-state index in [9.17, 15) is 4.79 Å². The van der Waals surface area contributed by atoms with Crippen LogP contribution in [0.4, 0.5) is 0 Å². The van der Waals surface area contributed by atoms with Crippen LogP contribution in [-0.4, -0.2) is 25.2 Å². The molecule has 1 rings (SSSR count). The first-order chi connectivity index (χ1) is 5.68. The van der Waals surface area contributed by atoms with E-state index in [1.807, 2.05) is 13.8 Å². The second kappa shape index (κ2) is 4.45. The molecular weight excluding hydrogens is 154 g/mol. The summed E-state index contributed by atoms with van der Waals surface area (Å²) in [5.74, 6) is 0.338. The van der Waals surface area contributed by atoms with Crippen molar-refractivity contribution >= 4 is 5.97 Å². The second-order valence-corrected chi connectivity index (χ2v) is 3.70. The Balaban J connectivity index is 2.16. The van der Waals surface area contributed by atoms with Crippen LogP contribution in [0.5, 0.6) is 0 Å². The number of esters is 1. The summed E-state index contributed by atoms with van der Waals surface area (Å²) in [6.07, 6.45) is 1.62. The maximum atomic E-state index is 11.2. The van der Waals surface area contributed by atoms with Gasteiger partial charge in [-0.15, -0.1) is 0 Å². The Hall–Kier alpha value is -0.570. The fourth-order valence-corrected chi connectivity index (χ4v) is 1.30. The number of carbonyl (C=O) groups excluding carboxylic acids is 1. The number of ether oxygens (including phenoxy) is 1. The minimum atomic E-state index is -0.0568. The van der Waals surface area contributed by atoms with Crippen LogP contribution in [0, 0.1) is 5.92 Å². The van der Waals surface area contributed by atoms with Gasteiger partial charge >= 0.3 is 5.97 Å². The summed E-state index contributed by atoms with van der Waals surface area (Å²) < 4.78 is 5.22. The zero-order chi connectivity index (χ0) is 8.97. The molecule has 70 valence electrons. The fourth-order valence-electron chi connectivity index (χ4n) is 1.30. The van der Waals surface area contributed by atoms with Crippen molar-refractivity contribution in [1.82, 2.24) is 5.32 Å². The highest BCUT2D eigenvalue weighted by Crippen LogP contribution is 2.07. The standard InChI is InChI=1S/C9H17NO2/c1-7(2)5-9(11)12-8-3-4-10-6-8/h7-8,10H,3-6H2,1-2H3/t8-/m0/s1. The van der Waals surface area contributed by atoms with E-state index < -0.39 is 0 Å². The van der Waals surface area contributed by atoms with Gasteiger partial charge in [0.1, 0.15) is 6.10 Å². The number of hydrogen-bond donors (Lipinski definition) is 1. The van der Waals surface area contributed by atoms with E-state index in [1.54, 1.807) is 0 Å². The number of hydrogen-bond acceptors (Lipinski definition) is 3. The molecule has 3 heteroatoms. The Morgan fingerprint density at radius 3 is 2.92 bits per heavy atom. The number of nitrogens with one attached hydrogen (secondary N) is 1. The number of carbonyl (C=O) groups is 1. The highest BCUT2D eigenvalue weighted by molar-refractivity contribution is 5.69. The molecule has 0 aromatic carbocycles. The minimum Gasteiger partial charge on any atom is -0.461 e. The van der Waals surface area contributed by atoms with E-state index in [-0.39, 0.29) is 12.1 Å². The van der Waals surface area contributed by atoms with Crippen LogP contribution in [0.25, 0.3) is 0 Å². The smallest absolute Gasteiger partial charge is 0.306 e. The van der Waals surface area contributed by atoms with Crippen LogP contribution >= 0.6 is 0 Å². The van der Waals surface area contributed by atoms with Crippen LogP contribution in [-0.2, 0) is 9.53 Å². The van der Waals surface area contributed by atoms with Gasteiger partial charge in [0, 0.05) is 13.0 Å². The van der Waals surface area contributed by atoms with Gasteiger partial charge in [0.25, 0.3) is 0 Å². The highest BCUT2D eigenvalue weighted by Gasteiger charge is 2.18. The summed E-state index contributed by atoms with van der Waals surface area (Å²) in [7, 11) is 0. The molecule has 1 N–H and O–H groups in total. The van der Waals surface area contributed by atoms with Gasteiger partial charge in [-0.05, 0) is 18.9 Å². The molecule has 1 atom stereocenters. The Morgan fingerprint density at radius 1 is 1.67 bits per heavy atom. The van der Waals surface area contributed by atoms with E-state index >= 15 is 0 Å². The Morgan fingerprint density at radius 2 is 2.42 bits per heavy atom. The van der Waals surface area contributed by atoms with Crippen LogP contribution in [0.1, 0.15) is 26.7 Å². The van der Waals surface area contributed by atoms with Gasteiger partial charge in [-0.3, -0.25) is 4.79 Å². The molecule has 1 saturated heterocycles. The summed E-state index contributed by atoms with van der Waals surface area (Å²) in [6.45, 7) is 5.84. The summed E-state index contributed by atoms with van der Waals surface area (Å²) in [5.41, 5.74) is 0. The van der Waals surface area contributed by atoms with Crippen LogP contribution < -0.4 is 5.32 Å². The Kier molecular flexibility index (Phi) is 3.53. The van der Waals surface area contributed by atoms with E-state index in [2.05, 4.69) is 5.32 Å². The monoisotopic (exact) mass is 171 g/mol. The third-order valence-corrected chi connectivity index (χ3v) is 1.89. The molecule has 0 bridgehead atoms. The molecule has 12 heavy (non-hydrogen) atoms. The normalized spacial score (nSPS) is 23.1. The van der Waals surface area contributed by atoms with Crippen molar-refractivity contribution < 1.29 is 9.53 Å². The van der Waals surface area contributed by atoms with Gasteiger partial charge < -0.3 is 10.1 Å². The van der Waals surface area contributed by atoms with Crippen molar-refractivity contribution in [2.75, 3.05) is 13.1 Å². The third-order valence-electron chi connectivity index (χ3n) is 1.89. The van der Waals surface area contributed by atoms with Gasteiger partial charge in [-0.25, -0.2) is 0 Å². The minimum absolute atomic E-state index is 0.0568. The quantitative estimate of drug-likeness (QED) is 0.642. The van der Waals surface area contributed by atoms with Gasteiger partial charge in [0.15, 0.2) is 0 Å². The topological polar surface area (TPSA) is 38.3 Å². The van der Waals surface area contributed by atoms with E-state index in [0.717, 1.165) is 19.5 Å². The van der Waals surface area contributed by atoms with Gasteiger partial charge in [-0.1, -0.05) is 13.8 Å². The summed E-state index contributed by atoms with van der Waals surface area (Å²) >= 11 is 0. The number of rotatable bonds is 3. The van der Waals surface area contributed by atoms with Crippen LogP contribution in [0.15, 0.2) is 0 Å². The lowest BCUT2D eigenvalue weighted by Crippen LogP contribution is -2.21. The van der Waals surface area contributed by atoms with Crippen molar-refractivity contribution in [2.24, 2.45) is 5.92 Å². The first-order valence-corrected chi connectivity index (χ1v) is 4.58. The molecule has 3 nitrogen and oxygen atoms in total. The molecule has 0 amide bonds. The van der Waals surface area contributed by atoms with Gasteiger partial charge in [0.05, 0.1) is 0 Å². The molecule has 1 fully saturated rings. The molecule has 0 saturated carbocycles. The van der Waals surface area contributed by atoms with Crippen LogP contribution in [0.3, 0.4) is 0 Å². The highest BCUT2D eigenvalue weighted by atomic mass is 16.5. The van der Waals surface area contributed by atoms with Crippen molar-refractivity contribution in [3.05, 3.63) is 0 Å². The van der Waals surface area contributed by atoms with E-state index in [4.69, 9.17) is 4.74 Å². The molecule has 0 aromatic rings. The molecule has 0 radical (unpaired) electrons. The summed E-state index contributed by atoms with van der Waals surface area (Å²) in [4.78, 5) is 11.2. The molecule has 1 heterocycles. The zero-order valence-electron chi connectivity index (χ0n) is 7.80. The lowest BCUT2D eigenvalue weighted by atomic mass is 10.1. The maximum absolute atomic E-state index is 11.2. The zero-order valence-corrected chi connectivity index (χ0v) is 7.80. The fraction of sp³-hybridized carbons (Fsp3) is 0.889. The predicted molar refractivity (Wildman–Crippen MR) is 46.8 cm³/mol. The first kappa shape index (κ1) is 9.52. The Labute approximate surface area is 73.5 Å². The molecule has 1 aliphatic rings. The van der Waals surface area contributed by atoms with Gasteiger partial charge in [0.2, 0.25) is 0 Å². The molecule has 0 aliphatic carbocycles. The van der Waals surface area contributed by atoms with Gasteiger partial charge in [-0.2, -0.15) is 0 Å². The predicted octanol–water partition coefficient (Wildman–Crippen LogP) is 0.938. The molecule has 0 aromatic heterocycles. The van der Waals surface area contributed by atoms with Crippen molar-refractivity contribution in [2.45, 2.75) is 32.8 Å². The van der Waals surface area contributed by atoms with E-state index in [0.29, 0.717) is 12.3 Å². The molecule has 0 unspecified atom stereocenters. The van der Waals surface area contributed by atoms with E-state index in [1.165, 1.54) is 0 Å².